The number of hydroxylamine groups is 1. The number of ketones is 1. The molecule has 0 fully saturated rings. The third-order valence-corrected chi connectivity index (χ3v) is 1.76. The van der Waals surface area contributed by atoms with Crippen LogP contribution in [0.25, 0.3) is 0 Å². The molecule has 0 saturated carbocycles. The van der Waals surface area contributed by atoms with E-state index in [9.17, 15) is 18.0 Å². The molecule has 1 aromatic rings. The van der Waals surface area contributed by atoms with Crippen molar-refractivity contribution in [1.29, 1.82) is 0 Å². The topological polar surface area (TPSA) is 49.3 Å². The smallest absolute Gasteiger partial charge is 0.291 e. The van der Waals surface area contributed by atoms with Gasteiger partial charge in [0, 0.05) is 11.6 Å². The lowest BCUT2D eigenvalue weighted by Gasteiger charge is -2.08. The highest BCUT2D eigenvalue weighted by Crippen LogP contribution is 2.23. The number of benzene rings is 1. The van der Waals surface area contributed by atoms with E-state index in [-0.39, 0.29) is 5.56 Å². The fraction of sp³-hybridized carbons (Fsp3) is 0.100. The van der Waals surface area contributed by atoms with Crippen molar-refractivity contribution in [3.05, 3.63) is 47.7 Å². The first-order chi connectivity index (χ1) is 7.45. The normalized spacial score (nSPS) is 12.4. The zero-order chi connectivity index (χ0) is 12.2. The van der Waals surface area contributed by atoms with Gasteiger partial charge < -0.3 is 0 Å². The fourth-order valence-corrected chi connectivity index (χ4v) is 0.994. The number of carbonyl (C=O) groups excluding carboxylic acids is 1. The summed E-state index contributed by atoms with van der Waals surface area (Å²) in [6.07, 6.45) is -4.49. The molecule has 0 aliphatic carbocycles. The minimum atomic E-state index is -4.79. The minimum Gasteiger partial charge on any atom is -0.291 e. The van der Waals surface area contributed by atoms with Gasteiger partial charge in [0.25, 0.3) is 0 Å². The first kappa shape index (κ1) is 12.3. The standard InChI is InChI=1S/C10H8F3NO2/c11-10(12,13)9(14-16)6-8(15)7-4-2-1-3-5-7/h1-6,14,16H/b9-6-. The summed E-state index contributed by atoms with van der Waals surface area (Å²) in [5.74, 6) is -0.838. The highest BCUT2D eigenvalue weighted by molar-refractivity contribution is 6.04. The minimum absolute atomic E-state index is 0.111. The van der Waals surface area contributed by atoms with Gasteiger partial charge in [-0.2, -0.15) is 13.2 Å². The van der Waals surface area contributed by atoms with Crippen LogP contribution in [0, 0.1) is 0 Å². The number of rotatable bonds is 3. The second-order valence-corrected chi connectivity index (χ2v) is 2.90. The van der Waals surface area contributed by atoms with Gasteiger partial charge in [-0.25, -0.2) is 0 Å². The van der Waals surface area contributed by atoms with E-state index in [1.54, 1.807) is 6.07 Å². The van der Waals surface area contributed by atoms with Crippen molar-refractivity contribution in [3.63, 3.8) is 0 Å². The van der Waals surface area contributed by atoms with Gasteiger partial charge >= 0.3 is 6.18 Å². The Morgan fingerprint density at radius 1 is 1.25 bits per heavy atom. The maximum absolute atomic E-state index is 12.2. The molecule has 1 aromatic carbocycles. The molecule has 16 heavy (non-hydrogen) atoms. The van der Waals surface area contributed by atoms with E-state index in [1.165, 1.54) is 24.3 Å². The van der Waals surface area contributed by atoms with Crippen LogP contribution in [0.3, 0.4) is 0 Å². The maximum Gasteiger partial charge on any atom is 0.433 e. The Hall–Kier alpha value is -1.82. The van der Waals surface area contributed by atoms with Crippen LogP contribution in [0.1, 0.15) is 10.4 Å². The molecule has 0 bridgehead atoms. The highest BCUT2D eigenvalue weighted by atomic mass is 19.4. The molecule has 0 aromatic heterocycles. The molecule has 1 rings (SSSR count). The Bertz CT molecular complexity index is 398. The summed E-state index contributed by atoms with van der Waals surface area (Å²) in [6, 6.07) is 7.45. The monoisotopic (exact) mass is 231 g/mol. The molecule has 0 aliphatic rings. The second kappa shape index (κ2) is 4.80. The summed E-state index contributed by atoms with van der Waals surface area (Å²) >= 11 is 0. The number of alkyl halides is 3. The van der Waals surface area contributed by atoms with Crippen LogP contribution in [0.15, 0.2) is 42.1 Å². The largest absolute Gasteiger partial charge is 0.433 e. The van der Waals surface area contributed by atoms with Gasteiger partial charge in [0.2, 0.25) is 0 Å². The molecular formula is C10H8F3NO2. The summed E-state index contributed by atoms with van der Waals surface area (Å²) in [6.45, 7) is 0. The van der Waals surface area contributed by atoms with Gasteiger partial charge in [-0.05, 0) is 0 Å². The lowest BCUT2D eigenvalue weighted by atomic mass is 10.1. The summed E-state index contributed by atoms with van der Waals surface area (Å²) in [5, 5.41) is 8.27. The number of halogens is 3. The third kappa shape index (κ3) is 3.09. The van der Waals surface area contributed by atoms with Crippen LogP contribution in [-0.4, -0.2) is 17.2 Å². The van der Waals surface area contributed by atoms with Crippen LogP contribution in [0.2, 0.25) is 0 Å². The maximum atomic E-state index is 12.2. The SMILES string of the molecule is O=C(/C=C(\NO)C(F)(F)F)c1ccccc1. The predicted octanol–water partition coefficient (Wildman–Crippen LogP) is 2.29. The van der Waals surface area contributed by atoms with Crippen molar-refractivity contribution in [1.82, 2.24) is 5.48 Å². The lowest BCUT2D eigenvalue weighted by molar-refractivity contribution is -0.108. The fourth-order valence-electron chi connectivity index (χ4n) is 0.994. The number of allylic oxidation sites excluding steroid dienone is 2. The Labute approximate surface area is 89.2 Å². The summed E-state index contributed by atoms with van der Waals surface area (Å²) in [7, 11) is 0. The van der Waals surface area contributed by atoms with Crippen LogP contribution in [0.4, 0.5) is 13.2 Å². The number of nitrogens with one attached hydrogen (secondary N) is 1. The molecule has 3 nitrogen and oxygen atoms in total. The molecule has 2 N–H and O–H groups in total. The molecule has 0 aliphatic heterocycles. The van der Waals surface area contributed by atoms with Crippen LogP contribution in [0.5, 0.6) is 0 Å². The Morgan fingerprint density at radius 2 is 1.81 bits per heavy atom. The van der Waals surface area contributed by atoms with Crippen molar-refractivity contribution in [2.24, 2.45) is 0 Å². The molecule has 0 heterocycles. The first-order valence-corrected chi connectivity index (χ1v) is 4.23. The molecule has 0 unspecified atom stereocenters. The summed E-state index contributed by atoms with van der Waals surface area (Å²) < 4.78 is 36.5. The van der Waals surface area contributed by atoms with E-state index >= 15 is 0 Å². The Kier molecular flexibility index (Phi) is 3.68. The quantitative estimate of drug-likeness (QED) is 0.476. The van der Waals surface area contributed by atoms with E-state index in [2.05, 4.69) is 0 Å². The van der Waals surface area contributed by atoms with Crippen molar-refractivity contribution in [2.45, 2.75) is 6.18 Å². The van der Waals surface area contributed by atoms with Crippen molar-refractivity contribution in [3.8, 4) is 0 Å². The zero-order valence-corrected chi connectivity index (χ0v) is 7.95. The van der Waals surface area contributed by atoms with Gasteiger partial charge in [0.1, 0.15) is 5.70 Å². The van der Waals surface area contributed by atoms with Crippen molar-refractivity contribution >= 4 is 5.78 Å². The van der Waals surface area contributed by atoms with Gasteiger partial charge in [0.05, 0.1) is 0 Å². The molecule has 0 radical (unpaired) electrons. The van der Waals surface area contributed by atoms with E-state index in [0.29, 0.717) is 6.08 Å². The number of carbonyl (C=O) groups is 1. The average molecular weight is 231 g/mol. The van der Waals surface area contributed by atoms with Crippen molar-refractivity contribution in [2.75, 3.05) is 0 Å². The van der Waals surface area contributed by atoms with E-state index in [0.717, 1.165) is 5.48 Å². The summed E-state index contributed by atoms with van der Waals surface area (Å²) in [4.78, 5) is 11.3. The molecule has 0 atom stereocenters. The predicted molar refractivity (Wildman–Crippen MR) is 49.8 cm³/mol. The zero-order valence-electron chi connectivity index (χ0n) is 7.95. The Morgan fingerprint density at radius 3 is 2.25 bits per heavy atom. The van der Waals surface area contributed by atoms with Crippen LogP contribution < -0.4 is 5.48 Å². The molecule has 86 valence electrons. The molecule has 0 saturated heterocycles. The van der Waals surface area contributed by atoms with Gasteiger partial charge in [-0.15, -0.1) is 0 Å². The molecular weight excluding hydrogens is 223 g/mol. The van der Waals surface area contributed by atoms with Crippen molar-refractivity contribution < 1.29 is 23.2 Å². The average Bonchev–Trinajstić information content (AvgIpc) is 2.25. The number of hydrogen-bond donors (Lipinski definition) is 2. The lowest BCUT2D eigenvalue weighted by Crippen LogP contribution is -2.24. The molecule has 0 spiro atoms. The van der Waals surface area contributed by atoms with E-state index in [4.69, 9.17) is 5.21 Å². The molecule has 0 amide bonds. The van der Waals surface area contributed by atoms with Crippen LogP contribution >= 0.6 is 0 Å². The first-order valence-electron chi connectivity index (χ1n) is 4.23. The second-order valence-electron chi connectivity index (χ2n) is 2.90. The Balaban J connectivity index is 2.96. The highest BCUT2D eigenvalue weighted by Gasteiger charge is 2.34. The van der Waals surface area contributed by atoms with Gasteiger partial charge in [-0.1, -0.05) is 30.3 Å². The van der Waals surface area contributed by atoms with Crippen LogP contribution in [-0.2, 0) is 0 Å². The third-order valence-electron chi connectivity index (χ3n) is 1.76. The van der Waals surface area contributed by atoms with Gasteiger partial charge in [0.15, 0.2) is 5.78 Å². The molecule has 6 heteroatoms. The van der Waals surface area contributed by atoms with E-state index < -0.39 is 17.7 Å². The number of hydrogen-bond acceptors (Lipinski definition) is 3. The summed E-state index contributed by atoms with van der Waals surface area (Å²) in [5.41, 5.74) is -0.430. The van der Waals surface area contributed by atoms with Gasteiger partial charge in [-0.3, -0.25) is 15.5 Å². The van der Waals surface area contributed by atoms with E-state index in [1.807, 2.05) is 0 Å².